The number of hydrogen-bond acceptors (Lipinski definition) is 8. The maximum Gasteiger partial charge on any atom is 0.338 e. The number of rotatable bonds is 5. The number of esters is 1. The van der Waals surface area contributed by atoms with Crippen LogP contribution in [-0.2, 0) is 23.7 Å². The van der Waals surface area contributed by atoms with E-state index in [9.17, 15) is 9.59 Å². The van der Waals surface area contributed by atoms with Crippen LogP contribution in [0.15, 0.2) is 18.2 Å². The van der Waals surface area contributed by atoms with Crippen molar-refractivity contribution in [1.29, 1.82) is 0 Å². The van der Waals surface area contributed by atoms with Crippen molar-refractivity contribution in [2.45, 2.75) is 19.8 Å². The molecule has 8 nitrogen and oxygen atoms in total. The number of ether oxygens (including phenoxy) is 6. The smallest absolute Gasteiger partial charge is 0.338 e. The lowest BCUT2D eigenvalue weighted by atomic mass is 10.2. The van der Waals surface area contributed by atoms with Gasteiger partial charge in [-0.15, -0.1) is 0 Å². The highest BCUT2D eigenvalue weighted by molar-refractivity contribution is 5.90. The lowest BCUT2D eigenvalue weighted by Crippen LogP contribution is -2.13. The van der Waals surface area contributed by atoms with E-state index < -0.39 is 5.97 Å². The molecule has 0 aliphatic carbocycles. The molecule has 0 fully saturated rings. The number of ketones is 1. The lowest BCUT2D eigenvalue weighted by molar-refractivity contribution is -0.117. The van der Waals surface area contributed by atoms with Gasteiger partial charge >= 0.3 is 5.97 Å². The highest BCUT2D eigenvalue weighted by atomic mass is 16.6. The lowest BCUT2D eigenvalue weighted by Gasteiger charge is -2.14. The second kappa shape index (κ2) is 13.1. The van der Waals surface area contributed by atoms with Crippen molar-refractivity contribution in [2.24, 2.45) is 0 Å². The van der Waals surface area contributed by atoms with E-state index in [-0.39, 0.29) is 12.4 Å². The largest absolute Gasteiger partial charge is 0.487 e. The van der Waals surface area contributed by atoms with Crippen LogP contribution >= 0.6 is 0 Å². The van der Waals surface area contributed by atoms with Crippen molar-refractivity contribution in [3.63, 3.8) is 0 Å². The van der Waals surface area contributed by atoms with E-state index >= 15 is 0 Å². The Morgan fingerprint density at radius 3 is 2.04 bits per heavy atom. The Balaban J connectivity index is 1.96. The summed E-state index contributed by atoms with van der Waals surface area (Å²) in [6.45, 7) is 5.13. The van der Waals surface area contributed by atoms with Gasteiger partial charge in [0.05, 0.1) is 51.8 Å². The topological polar surface area (TPSA) is 89.5 Å². The predicted molar refractivity (Wildman–Crippen MR) is 100 cm³/mol. The number of hydrogen-bond donors (Lipinski definition) is 0. The quantitative estimate of drug-likeness (QED) is 0.552. The molecule has 0 radical (unpaired) electrons. The van der Waals surface area contributed by atoms with E-state index in [1.165, 1.54) is 6.92 Å². The van der Waals surface area contributed by atoms with E-state index in [0.717, 1.165) is 0 Å². The van der Waals surface area contributed by atoms with Gasteiger partial charge in [0, 0.05) is 6.42 Å². The first kappa shape index (κ1) is 22.1. The van der Waals surface area contributed by atoms with Crippen molar-refractivity contribution >= 4 is 11.8 Å². The Kier molecular flexibility index (Phi) is 10.3. The van der Waals surface area contributed by atoms with Crippen molar-refractivity contribution in [1.82, 2.24) is 0 Å². The molecule has 2 rings (SSSR count). The molecular weight excluding hydrogens is 368 g/mol. The zero-order valence-corrected chi connectivity index (χ0v) is 16.3. The summed E-state index contributed by atoms with van der Waals surface area (Å²) < 4.78 is 32.9. The molecule has 0 spiro atoms. The van der Waals surface area contributed by atoms with Gasteiger partial charge in [-0.2, -0.15) is 0 Å². The minimum Gasteiger partial charge on any atom is -0.487 e. The maximum atomic E-state index is 12.2. The maximum absolute atomic E-state index is 12.2. The number of Topliss-reactive ketones (excluding diaryl/α,β-unsaturated/α-hetero) is 1. The summed E-state index contributed by atoms with van der Waals surface area (Å²) in [5, 5.41) is 0. The minimum absolute atomic E-state index is 0.0707. The van der Waals surface area contributed by atoms with Crippen LogP contribution in [0.2, 0.25) is 0 Å². The molecule has 1 aromatic carbocycles. The molecule has 0 bridgehead atoms. The Morgan fingerprint density at radius 2 is 1.43 bits per heavy atom. The van der Waals surface area contributed by atoms with Gasteiger partial charge in [0.1, 0.15) is 19.0 Å². The second-order valence-corrected chi connectivity index (χ2v) is 6.14. The van der Waals surface area contributed by atoms with E-state index in [0.29, 0.717) is 82.8 Å². The van der Waals surface area contributed by atoms with Crippen LogP contribution in [0.5, 0.6) is 11.5 Å². The van der Waals surface area contributed by atoms with Gasteiger partial charge in [0.2, 0.25) is 0 Å². The molecule has 28 heavy (non-hydrogen) atoms. The second-order valence-electron chi connectivity index (χ2n) is 6.14. The molecule has 1 aliphatic rings. The Hall–Kier alpha value is -2.16. The zero-order valence-electron chi connectivity index (χ0n) is 16.3. The predicted octanol–water partition coefficient (Wildman–Crippen LogP) is 2.03. The molecule has 0 unspecified atom stereocenters. The highest BCUT2D eigenvalue weighted by Gasteiger charge is 2.13. The Morgan fingerprint density at radius 1 is 0.857 bits per heavy atom. The van der Waals surface area contributed by atoms with Gasteiger partial charge < -0.3 is 33.2 Å². The molecule has 1 heterocycles. The summed E-state index contributed by atoms with van der Waals surface area (Å²) in [4.78, 5) is 23.2. The van der Waals surface area contributed by atoms with Crippen LogP contribution in [0.1, 0.15) is 30.1 Å². The summed E-state index contributed by atoms with van der Waals surface area (Å²) in [6.07, 6.45) is 0.897. The van der Waals surface area contributed by atoms with E-state index in [1.54, 1.807) is 18.2 Å². The molecular formula is C20H28O8. The first-order valence-electron chi connectivity index (χ1n) is 9.46. The standard InChI is InChI=1S/C20H28O8/c1-16(21)3-2-6-28-20(22)17-4-5-18-19(15-17)27-14-12-25-10-8-23-7-9-24-11-13-26-18/h4-5,15H,2-3,6-14H2,1H3. The van der Waals surface area contributed by atoms with Crippen LogP contribution < -0.4 is 9.47 Å². The summed E-state index contributed by atoms with van der Waals surface area (Å²) >= 11 is 0. The van der Waals surface area contributed by atoms with Crippen molar-refractivity contribution in [3.05, 3.63) is 23.8 Å². The third kappa shape index (κ3) is 8.69. The molecule has 0 amide bonds. The normalized spacial score (nSPS) is 16.5. The summed E-state index contributed by atoms with van der Waals surface area (Å²) in [5.74, 6) is 0.555. The zero-order chi connectivity index (χ0) is 20.0. The molecule has 156 valence electrons. The van der Waals surface area contributed by atoms with Crippen LogP contribution in [0, 0.1) is 0 Å². The molecule has 0 atom stereocenters. The van der Waals surface area contributed by atoms with Gasteiger partial charge in [-0.05, 0) is 31.5 Å². The van der Waals surface area contributed by atoms with Gasteiger partial charge in [-0.3, -0.25) is 0 Å². The van der Waals surface area contributed by atoms with Crippen molar-refractivity contribution in [3.8, 4) is 11.5 Å². The van der Waals surface area contributed by atoms with Crippen molar-refractivity contribution < 1.29 is 38.0 Å². The average molecular weight is 396 g/mol. The number of carbonyl (C=O) groups is 2. The molecule has 1 aromatic rings. The molecule has 0 N–H and O–H groups in total. The van der Waals surface area contributed by atoms with Gasteiger partial charge in [0.15, 0.2) is 11.5 Å². The SMILES string of the molecule is CC(=O)CCCOC(=O)c1ccc2c(c1)OCCOCCOCCOCCO2. The minimum atomic E-state index is -0.470. The van der Waals surface area contributed by atoms with Crippen LogP contribution in [0.4, 0.5) is 0 Å². The van der Waals surface area contributed by atoms with Gasteiger partial charge in [-0.1, -0.05) is 0 Å². The van der Waals surface area contributed by atoms with E-state index in [4.69, 9.17) is 28.4 Å². The van der Waals surface area contributed by atoms with Gasteiger partial charge in [-0.25, -0.2) is 4.79 Å². The van der Waals surface area contributed by atoms with Crippen LogP contribution in [0.3, 0.4) is 0 Å². The fourth-order valence-electron chi connectivity index (χ4n) is 2.40. The molecule has 8 heteroatoms. The molecule has 1 aliphatic heterocycles. The number of fused-ring (bicyclic) bond motifs is 1. The third-order valence-electron chi connectivity index (χ3n) is 3.80. The summed E-state index contributed by atoms with van der Waals surface area (Å²) in [5.41, 5.74) is 0.355. The van der Waals surface area contributed by atoms with E-state index in [1.807, 2.05) is 0 Å². The molecule has 0 saturated heterocycles. The van der Waals surface area contributed by atoms with Crippen molar-refractivity contribution in [2.75, 3.05) is 59.5 Å². The average Bonchev–Trinajstić information content (AvgIpc) is 2.69. The summed E-state index contributed by atoms with van der Waals surface area (Å²) in [6, 6.07) is 4.88. The fraction of sp³-hybridized carbons (Fsp3) is 0.600. The monoisotopic (exact) mass is 396 g/mol. The summed E-state index contributed by atoms with van der Waals surface area (Å²) in [7, 11) is 0. The van der Waals surface area contributed by atoms with Crippen LogP contribution in [-0.4, -0.2) is 71.2 Å². The Labute approximate surface area is 165 Å². The van der Waals surface area contributed by atoms with Crippen LogP contribution in [0.25, 0.3) is 0 Å². The molecule has 0 saturated carbocycles. The molecule has 0 aromatic heterocycles. The first-order chi connectivity index (χ1) is 13.7. The number of carbonyl (C=O) groups excluding carboxylic acids is 2. The van der Waals surface area contributed by atoms with E-state index in [2.05, 4.69) is 0 Å². The third-order valence-corrected chi connectivity index (χ3v) is 3.80. The highest BCUT2D eigenvalue weighted by Crippen LogP contribution is 2.29. The number of benzene rings is 1. The van der Waals surface area contributed by atoms with Gasteiger partial charge in [0.25, 0.3) is 0 Å². The Bertz CT molecular complexity index is 616. The first-order valence-corrected chi connectivity index (χ1v) is 9.46. The fourth-order valence-corrected chi connectivity index (χ4v) is 2.40.